The first kappa shape index (κ1) is 19.8. The monoisotopic (exact) mass is 250 g/mol. The predicted octanol–water partition coefficient (Wildman–Crippen LogP) is -0.0467. The van der Waals surface area contributed by atoms with E-state index in [1.807, 2.05) is 6.92 Å². The zero-order chi connectivity index (χ0) is 13.1. The summed E-state index contributed by atoms with van der Waals surface area (Å²) in [6.07, 6.45) is -0.704. The Labute approximate surface area is 120 Å². The molecule has 0 aliphatic rings. The Balaban J connectivity index is 0. The molecule has 17 heavy (non-hydrogen) atoms. The molecule has 0 bridgehead atoms. The van der Waals surface area contributed by atoms with Crippen LogP contribution in [0.5, 0.6) is 0 Å². The van der Waals surface area contributed by atoms with Gasteiger partial charge in [0.1, 0.15) is 0 Å². The minimum absolute atomic E-state index is 0. The summed E-state index contributed by atoms with van der Waals surface area (Å²) >= 11 is 0. The average Bonchev–Trinajstić information content (AvgIpc) is 2.11. The molecule has 0 aromatic carbocycles. The molecule has 96 valence electrons. The van der Waals surface area contributed by atoms with Crippen LogP contribution >= 0.6 is 0 Å². The molecule has 0 aromatic rings. The minimum Gasteiger partial charge on any atom is -0.849 e. The van der Waals surface area contributed by atoms with E-state index in [0.29, 0.717) is 12.2 Å². The Bertz CT molecular complexity index is 246. The van der Waals surface area contributed by atoms with E-state index in [-0.39, 0.29) is 29.8 Å². The van der Waals surface area contributed by atoms with Crippen LogP contribution in [0.15, 0.2) is 12.2 Å². The van der Waals surface area contributed by atoms with Gasteiger partial charge in [-0.2, -0.15) is 0 Å². The zero-order valence-electron chi connectivity index (χ0n) is 12.9. The molecule has 4 heteroatoms. The molecule has 0 fully saturated rings. The number of hydrogen-bond acceptors (Lipinski definition) is 2. The van der Waals surface area contributed by atoms with Gasteiger partial charge >= 0.3 is 18.9 Å². The maximum atomic E-state index is 11.7. The number of rotatable bonds is 5. The standard InChI is InChI=1S/C13H27O2Si.Li/c1-10(2)12(14)11(3)9-15-16(7,8)13(4,5)6;/h11-12H,1,9H2,2-8H3;/q-1;+1/t11-,12?;/m0./s1. The van der Waals surface area contributed by atoms with Gasteiger partial charge in [-0.1, -0.05) is 33.3 Å². The molecule has 0 aliphatic heterocycles. The molecule has 0 N–H and O–H groups in total. The Kier molecular flexibility index (Phi) is 8.34. The Hall–Kier alpha value is 0.474. The SMILES string of the molecule is C=C(C)C([O-])[C@@H](C)CO[Si](C)(C)C(C)(C)C.[Li+]. The molecule has 0 heterocycles. The van der Waals surface area contributed by atoms with Gasteiger partial charge in [0, 0.05) is 6.61 Å². The van der Waals surface area contributed by atoms with Crippen molar-refractivity contribution >= 4 is 8.32 Å². The van der Waals surface area contributed by atoms with Crippen molar-refractivity contribution in [1.82, 2.24) is 0 Å². The molecule has 0 rings (SSSR count). The first-order chi connectivity index (χ1) is 6.99. The van der Waals surface area contributed by atoms with Crippen LogP contribution in [0.4, 0.5) is 0 Å². The molecule has 0 amide bonds. The molecule has 1 unspecified atom stereocenters. The van der Waals surface area contributed by atoms with Crippen molar-refractivity contribution in [2.24, 2.45) is 5.92 Å². The van der Waals surface area contributed by atoms with Gasteiger partial charge in [0.25, 0.3) is 0 Å². The Morgan fingerprint density at radius 2 is 1.76 bits per heavy atom. The van der Waals surface area contributed by atoms with Gasteiger partial charge in [0.05, 0.1) is 0 Å². The fraction of sp³-hybridized carbons (Fsp3) is 0.846. The third kappa shape index (κ3) is 6.26. The van der Waals surface area contributed by atoms with Gasteiger partial charge in [-0.3, -0.25) is 0 Å². The number of hydrogen-bond donors (Lipinski definition) is 0. The van der Waals surface area contributed by atoms with Gasteiger partial charge in [0.15, 0.2) is 8.32 Å². The maximum absolute atomic E-state index is 11.7. The fourth-order valence-corrected chi connectivity index (χ4v) is 2.24. The molecular weight excluding hydrogens is 223 g/mol. The molecule has 2 atom stereocenters. The van der Waals surface area contributed by atoms with Gasteiger partial charge in [-0.05, 0) is 31.0 Å². The summed E-state index contributed by atoms with van der Waals surface area (Å²) < 4.78 is 6.02. The van der Waals surface area contributed by atoms with Crippen molar-refractivity contribution in [2.45, 2.75) is 58.9 Å². The summed E-state index contributed by atoms with van der Waals surface area (Å²) in [5.41, 5.74) is 0.700. The Morgan fingerprint density at radius 3 is 2.06 bits per heavy atom. The van der Waals surface area contributed by atoms with E-state index in [1.54, 1.807) is 6.92 Å². The molecule has 0 saturated carbocycles. The zero-order valence-corrected chi connectivity index (χ0v) is 13.9. The van der Waals surface area contributed by atoms with E-state index in [9.17, 15) is 5.11 Å². The van der Waals surface area contributed by atoms with Crippen LogP contribution < -0.4 is 24.0 Å². The minimum atomic E-state index is -1.72. The first-order valence-electron chi connectivity index (χ1n) is 5.94. The smallest absolute Gasteiger partial charge is 0.849 e. The summed E-state index contributed by atoms with van der Waals surface area (Å²) in [5.74, 6) is 0.00613. The van der Waals surface area contributed by atoms with Crippen LogP contribution in [0.1, 0.15) is 34.6 Å². The van der Waals surface area contributed by atoms with E-state index >= 15 is 0 Å². The van der Waals surface area contributed by atoms with Crippen molar-refractivity contribution in [3.05, 3.63) is 12.2 Å². The van der Waals surface area contributed by atoms with Gasteiger partial charge < -0.3 is 9.53 Å². The van der Waals surface area contributed by atoms with Crippen LogP contribution in [-0.2, 0) is 4.43 Å². The normalized spacial score (nSPS) is 16.0. The van der Waals surface area contributed by atoms with Crippen LogP contribution in [0.2, 0.25) is 18.1 Å². The van der Waals surface area contributed by atoms with Crippen LogP contribution in [-0.4, -0.2) is 21.0 Å². The molecule has 0 radical (unpaired) electrons. The van der Waals surface area contributed by atoms with Crippen LogP contribution in [0, 0.1) is 5.92 Å². The second kappa shape index (κ2) is 7.16. The summed E-state index contributed by atoms with van der Waals surface area (Å²) in [5, 5.41) is 11.9. The van der Waals surface area contributed by atoms with Crippen molar-refractivity contribution in [1.29, 1.82) is 0 Å². The first-order valence-corrected chi connectivity index (χ1v) is 8.85. The third-order valence-electron chi connectivity index (χ3n) is 3.52. The van der Waals surface area contributed by atoms with Crippen molar-refractivity contribution in [3.63, 3.8) is 0 Å². The van der Waals surface area contributed by atoms with E-state index in [2.05, 4.69) is 40.4 Å². The molecule has 2 nitrogen and oxygen atoms in total. The molecule has 0 spiro atoms. The summed E-state index contributed by atoms with van der Waals surface area (Å²) in [6, 6.07) is 0. The van der Waals surface area contributed by atoms with Gasteiger partial charge in [0.2, 0.25) is 0 Å². The Morgan fingerprint density at radius 1 is 1.35 bits per heavy atom. The fourth-order valence-electron chi connectivity index (χ4n) is 1.13. The van der Waals surface area contributed by atoms with E-state index in [1.165, 1.54) is 0 Å². The van der Waals surface area contributed by atoms with Gasteiger partial charge in [-0.25, -0.2) is 0 Å². The van der Waals surface area contributed by atoms with E-state index < -0.39 is 14.4 Å². The largest absolute Gasteiger partial charge is 1.00 e. The van der Waals surface area contributed by atoms with E-state index in [4.69, 9.17) is 4.43 Å². The topological polar surface area (TPSA) is 32.3 Å². The summed E-state index contributed by atoms with van der Waals surface area (Å²) in [4.78, 5) is 0. The van der Waals surface area contributed by atoms with E-state index in [0.717, 1.165) is 0 Å². The third-order valence-corrected chi connectivity index (χ3v) is 8.02. The average molecular weight is 250 g/mol. The summed E-state index contributed by atoms with van der Waals surface area (Å²) in [6.45, 7) is 19.0. The van der Waals surface area contributed by atoms with Crippen molar-refractivity contribution in [2.75, 3.05) is 6.61 Å². The maximum Gasteiger partial charge on any atom is 1.00 e. The molecule has 0 aromatic heterocycles. The second-order valence-electron chi connectivity index (χ2n) is 6.32. The molecular formula is C13H27LiO2Si. The molecule has 0 aliphatic carbocycles. The van der Waals surface area contributed by atoms with Crippen LogP contribution in [0.3, 0.4) is 0 Å². The predicted molar refractivity (Wildman–Crippen MR) is 70.9 cm³/mol. The van der Waals surface area contributed by atoms with Crippen molar-refractivity contribution < 1.29 is 28.4 Å². The van der Waals surface area contributed by atoms with Crippen LogP contribution in [0.25, 0.3) is 0 Å². The summed E-state index contributed by atoms with van der Waals surface area (Å²) in [7, 11) is -1.72. The van der Waals surface area contributed by atoms with Crippen molar-refractivity contribution in [3.8, 4) is 0 Å². The van der Waals surface area contributed by atoms with Gasteiger partial charge in [-0.15, -0.1) is 12.7 Å². The molecule has 0 saturated heterocycles. The second-order valence-corrected chi connectivity index (χ2v) is 11.1. The quantitative estimate of drug-likeness (QED) is 0.506.